The molecule has 3 rings (SSSR count). The molecule has 3 aromatic rings. The number of halogens is 2. The van der Waals surface area contributed by atoms with E-state index in [1.54, 1.807) is 30.5 Å². The molecule has 0 atom stereocenters. The van der Waals surface area contributed by atoms with Crippen LogP contribution in [0.5, 0.6) is 0 Å². The summed E-state index contributed by atoms with van der Waals surface area (Å²) in [6.45, 7) is 0. The highest BCUT2D eigenvalue weighted by molar-refractivity contribution is 6.40. The van der Waals surface area contributed by atoms with Gasteiger partial charge in [-0.05, 0) is 24.3 Å². The predicted octanol–water partition coefficient (Wildman–Crippen LogP) is 4.79. The Morgan fingerprint density at radius 3 is 2.38 bits per heavy atom. The first-order valence-electron chi connectivity index (χ1n) is 6.26. The second kappa shape index (κ2) is 5.72. The average molecular weight is 317 g/mol. The average Bonchev–Trinajstić information content (AvgIpc) is 2.47. The summed E-state index contributed by atoms with van der Waals surface area (Å²) in [6.07, 6.45) is 1.68. The van der Waals surface area contributed by atoms with Crippen molar-refractivity contribution in [3.8, 4) is 0 Å². The maximum Gasteiger partial charge on any atom is 0.258 e. The topological polar surface area (TPSA) is 42.0 Å². The quantitative estimate of drug-likeness (QED) is 0.738. The number of carbonyl (C=O) groups is 1. The molecule has 1 N–H and O–H groups in total. The molecule has 21 heavy (non-hydrogen) atoms. The number of fused-ring (bicyclic) bond motifs is 1. The lowest BCUT2D eigenvalue weighted by Crippen LogP contribution is -2.13. The van der Waals surface area contributed by atoms with E-state index in [1.807, 2.05) is 24.3 Å². The zero-order valence-electron chi connectivity index (χ0n) is 10.8. The molecule has 0 fully saturated rings. The fraction of sp³-hybridized carbons (Fsp3) is 0. The van der Waals surface area contributed by atoms with Crippen molar-refractivity contribution in [2.75, 3.05) is 5.32 Å². The van der Waals surface area contributed by atoms with Gasteiger partial charge in [0.2, 0.25) is 0 Å². The van der Waals surface area contributed by atoms with E-state index in [0.29, 0.717) is 15.7 Å². The molecule has 5 heteroatoms. The van der Waals surface area contributed by atoms with Gasteiger partial charge in [-0.25, -0.2) is 0 Å². The van der Waals surface area contributed by atoms with E-state index in [1.165, 1.54) is 0 Å². The Bertz CT molecular complexity index is 808. The van der Waals surface area contributed by atoms with Crippen molar-refractivity contribution >= 4 is 45.7 Å². The molecule has 0 spiro atoms. The smallest absolute Gasteiger partial charge is 0.258 e. The fourth-order valence-corrected chi connectivity index (χ4v) is 2.67. The number of anilines is 1. The van der Waals surface area contributed by atoms with Gasteiger partial charge in [0.1, 0.15) is 0 Å². The zero-order valence-corrected chi connectivity index (χ0v) is 12.3. The van der Waals surface area contributed by atoms with Gasteiger partial charge in [-0.3, -0.25) is 9.78 Å². The van der Waals surface area contributed by atoms with Crippen molar-refractivity contribution in [2.45, 2.75) is 0 Å². The lowest BCUT2D eigenvalue weighted by Gasteiger charge is -2.10. The van der Waals surface area contributed by atoms with Crippen LogP contribution in [0.3, 0.4) is 0 Å². The summed E-state index contributed by atoms with van der Waals surface area (Å²) in [5.41, 5.74) is 1.60. The van der Waals surface area contributed by atoms with Crippen LogP contribution in [0.25, 0.3) is 10.9 Å². The van der Waals surface area contributed by atoms with Crippen LogP contribution >= 0.6 is 23.2 Å². The number of rotatable bonds is 2. The van der Waals surface area contributed by atoms with Crippen LogP contribution in [0.2, 0.25) is 10.0 Å². The predicted molar refractivity (Wildman–Crippen MR) is 86.2 cm³/mol. The number of hydrogen-bond donors (Lipinski definition) is 1. The van der Waals surface area contributed by atoms with Crippen molar-refractivity contribution in [1.82, 2.24) is 4.98 Å². The van der Waals surface area contributed by atoms with Gasteiger partial charge in [0.25, 0.3) is 5.91 Å². The molecule has 0 aliphatic heterocycles. The van der Waals surface area contributed by atoms with E-state index in [-0.39, 0.29) is 11.5 Å². The van der Waals surface area contributed by atoms with Gasteiger partial charge >= 0.3 is 0 Å². The van der Waals surface area contributed by atoms with Gasteiger partial charge in [-0.15, -0.1) is 0 Å². The van der Waals surface area contributed by atoms with Crippen molar-refractivity contribution in [2.24, 2.45) is 0 Å². The minimum atomic E-state index is -0.358. The molecule has 0 saturated carbocycles. The summed E-state index contributed by atoms with van der Waals surface area (Å²) in [7, 11) is 0. The van der Waals surface area contributed by atoms with Crippen LogP contribution in [-0.2, 0) is 0 Å². The first-order chi connectivity index (χ1) is 10.2. The number of amides is 1. The van der Waals surface area contributed by atoms with Gasteiger partial charge in [0.15, 0.2) is 0 Å². The molecule has 1 aromatic heterocycles. The van der Waals surface area contributed by atoms with Crippen LogP contribution in [0.1, 0.15) is 10.4 Å². The molecule has 3 nitrogen and oxygen atoms in total. The van der Waals surface area contributed by atoms with Crippen molar-refractivity contribution in [1.29, 1.82) is 0 Å². The van der Waals surface area contributed by atoms with Gasteiger partial charge in [-0.1, -0.05) is 47.5 Å². The van der Waals surface area contributed by atoms with E-state index in [2.05, 4.69) is 10.3 Å². The van der Waals surface area contributed by atoms with E-state index in [4.69, 9.17) is 23.2 Å². The number of nitrogens with one attached hydrogen (secondary N) is 1. The molecule has 0 radical (unpaired) electrons. The second-order valence-electron chi connectivity index (χ2n) is 4.43. The number of benzene rings is 2. The summed E-state index contributed by atoms with van der Waals surface area (Å²) in [6, 6.07) is 14.3. The highest BCUT2D eigenvalue weighted by atomic mass is 35.5. The van der Waals surface area contributed by atoms with Gasteiger partial charge in [-0.2, -0.15) is 0 Å². The first kappa shape index (κ1) is 13.9. The third-order valence-corrected chi connectivity index (χ3v) is 3.70. The van der Waals surface area contributed by atoms with E-state index in [9.17, 15) is 4.79 Å². The SMILES string of the molecule is O=C(Nc1cccc2cccnc12)c1c(Cl)cccc1Cl. The lowest BCUT2D eigenvalue weighted by atomic mass is 10.1. The number of carbonyl (C=O) groups excluding carboxylic acids is 1. The standard InChI is InChI=1S/C16H10Cl2N2O/c17-11-6-2-7-12(18)14(11)16(21)20-13-8-1-4-10-5-3-9-19-15(10)13/h1-9H,(H,20,21). The van der Waals surface area contributed by atoms with Gasteiger partial charge < -0.3 is 5.32 Å². The summed E-state index contributed by atoms with van der Waals surface area (Å²) in [5, 5.41) is 4.38. The Morgan fingerprint density at radius 2 is 1.62 bits per heavy atom. The van der Waals surface area contributed by atoms with Gasteiger partial charge in [0.05, 0.1) is 26.8 Å². The first-order valence-corrected chi connectivity index (χ1v) is 7.01. The molecule has 1 amide bonds. The third kappa shape index (κ3) is 2.71. The lowest BCUT2D eigenvalue weighted by molar-refractivity contribution is 0.102. The van der Waals surface area contributed by atoms with Gasteiger partial charge in [0, 0.05) is 11.6 Å². The maximum absolute atomic E-state index is 12.4. The van der Waals surface area contributed by atoms with Crippen LogP contribution in [0.4, 0.5) is 5.69 Å². The largest absolute Gasteiger partial charge is 0.320 e. The molecule has 1 heterocycles. The molecule has 0 bridgehead atoms. The Morgan fingerprint density at radius 1 is 0.952 bits per heavy atom. The third-order valence-electron chi connectivity index (χ3n) is 3.07. The summed E-state index contributed by atoms with van der Waals surface area (Å²) in [5.74, 6) is -0.358. The second-order valence-corrected chi connectivity index (χ2v) is 5.25. The molecular formula is C16H10Cl2N2O. The fourth-order valence-electron chi connectivity index (χ4n) is 2.10. The van der Waals surface area contributed by atoms with Crippen LogP contribution in [0.15, 0.2) is 54.7 Å². The molecule has 0 aliphatic carbocycles. The minimum absolute atomic E-state index is 0.258. The van der Waals surface area contributed by atoms with Crippen LogP contribution in [-0.4, -0.2) is 10.9 Å². The Hall–Kier alpha value is -2.10. The highest BCUT2D eigenvalue weighted by Crippen LogP contribution is 2.27. The normalized spacial score (nSPS) is 10.6. The number of nitrogens with zero attached hydrogens (tertiary/aromatic N) is 1. The Labute approximate surface area is 131 Å². The number of aromatic nitrogens is 1. The van der Waals surface area contributed by atoms with Crippen molar-refractivity contribution in [3.63, 3.8) is 0 Å². The van der Waals surface area contributed by atoms with Crippen molar-refractivity contribution in [3.05, 3.63) is 70.3 Å². The monoisotopic (exact) mass is 316 g/mol. The maximum atomic E-state index is 12.4. The molecule has 0 aliphatic rings. The zero-order chi connectivity index (χ0) is 14.8. The highest BCUT2D eigenvalue weighted by Gasteiger charge is 2.15. The molecule has 2 aromatic carbocycles. The molecule has 104 valence electrons. The van der Waals surface area contributed by atoms with E-state index in [0.717, 1.165) is 10.9 Å². The summed E-state index contributed by atoms with van der Waals surface area (Å²) in [4.78, 5) is 16.7. The molecule has 0 saturated heterocycles. The number of para-hydroxylation sites is 1. The number of hydrogen-bond acceptors (Lipinski definition) is 2. The Balaban J connectivity index is 2.01. The van der Waals surface area contributed by atoms with E-state index >= 15 is 0 Å². The molecule has 0 unspecified atom stereocenters. The van der Waals surface area contributed by atoms with E-state index < -0.39 is 0 Å². The van der Waals surface area contributed by atoms with Crippen LogP contribution in [0, 0.1) is 0 Å². The number of pyridine rings is 1. The molecular weight excluding hydrogens is 307 g/mol. The van der Waals surface area contributed by atoms with Crippen LogP contribution < -0.4 is 5.32 Å². The minimum Gasteiger partial charge on any atom is -0.320 e. The summed E-state index contributed by atoms with van der Waals surface area (Å²) < 4.78 is 0. The Kier molecular flexibility index (Phi) is 3.78. The summed E-state index contributed by atoms with van der Waals surface area (Å²) >= 11 is 12.1. The van der Waals surface area contributed by atoms with Crippen molar-refractivity contribution < 1.29 is 4.79 Å².